The van der Waals surface area contributed by atoms with E-state index in [0.29, 0.717) is 5.54 Å². The van der Waals surface area contributed by atoms with Gasteiger partial charge in [-0.1, -0.05) is 19.8 Å². The monoisotopic (exact) mass is 227 g/mol. The number of rotatable bonds is 7. The highest BCUT2D eigenvalue weighted by Gasteiger charge is 2.37. The van der Waals surface area contributed by atoms with E-state index >= 15 is 0 Å². The summed E-state index contributed by atoms with van der Waals surface area (Å²) < 4.78 is 0. The Morgan fingerprint density at radius 2 is 1.69 bits per heavy atom. The molecule has 1 aliphatic carbocycles. The van der Waals surface area contributed by atoms with Crippen LogP contribution in [0, 0.1) is 0 Å². The van der Waals surface area contributed by atoms with Crippen molar-refractivity contribution < 1.29 is 0 Å². The smallest absolute Gasteiger partial charge is 0.0332 e. The molecular weight excluding hydrogens is 198 g/mol. The van der Waals surface area contributed by atoms with Crippen molar-refractivity contribution in [1.29, 1.82) is 0 Å². The average molecular weight is 227 g/mol. The normalized spacial score (nSPS) is 19.9. The molecule has 96 valence electrons. The van der Waals surface area contributed by atoms with Crippen LogP contribution in [0.1, 0.15) is 39.0 Å². The Hall–Kier alpha value is -0.120. The van der Waals surface area contributed by atoms with Gasteiger partial charge in [-0.15, -0.1) is 0 Å². The molecule has 0 aromatic heterocycles. The van der Waals surface area contributed by atoms with E-state index in [1.54, 1.807) is 0 Å². The van der Waals surface area contributed by atoms with Crippen molar-refractivity contribution in [3.8, 4) is 0 Å². The molecule has 0 amide bonds. The Morgan fingerprint density at radius 3 is 2.12 bits per heavy atom. The number of hydrogen-bond acceptors (Lipinski definition) is 3. The third-order valence-electron chi connectivity index (χ3n) is 3.90. The van der Waals surface area contributed by atoms with Gasteiger partial charge < -0.3 is 10.6 Å². The molecule has 0 saturated heterocycles. The summed E-state index contributed by atoms with van der Waals surface area (Å²) in [5.41, 5.74) is 6.38. The third-order valence-corrected chi connectivity index (χ3v) is 3.90. The highest BCUT2D eigenvalue weighted by atomic mass is 15.2. The van der Waals surface area contributed by atoms with E-state index in [2.05, 4.69) is 30.8 Å². The van der Waals surface area contributed by atoms with Crippen LogP contribution in [0.15, 0.2) is 0 Å². The van der Waals surface area contributed by atoms with Crippen molar-refractivity contribution >= 4 is 0 Å². The van der Waals surface area contributed by atoms with E-state index in [0.717, 1.165) is 19.6 Å². The van der Waals surface area contributed by atoms with Gasteiger partial charge in [0.15, 0.2) is 0 Å². The van der Waals surface area contributed by atoms with Gasteiger partial charge in [-0.25, -0.2) is 0 Å². The van der Waals surface area contributed by atoms with Crippen LogP contribution in [0.3, 0.4) is 0 Å². The predicted octanol–water partition coefficient (Wildman–Crippen LogP) is 1.53. The van der Waals surface area contributed by atoms with Gasteiger partial charge in [0.2, 0.25) is 0 Å². The zero-order chi connectivity index (χ0) is 12.0. The summed E-state index contributed by atoms with van der Waals surface area (Å²) in [6.07, 6.45) is 6.56. The number of nitrogens with zero attached hydrogens (tertiary/aromatic N) is 2. The van der Waals surface area contributed by atoms with E-state index in [1.807, 2.05) is 0 Å². The van der Waals surface area contributed by atoms with E-state index in [9.17, 15) is 0 Å². The topological polar surface area (TPSA) is 32.5 Å². The second-order valence-corrected chi connectivity index (χ2v) is 5.43. The summed E-state index contributed by atoms with van der Waals surface area (Å²) >= 11 is 0. The average Bonchev–Trinajstić information content (AvgIpc) is 2.73. The molecular formula is C13H29N3. The van der Waals surface area contributed by atoms with Crippen LogP contribution < -0.4 is 5.73 Å². The van der Waals surface area contributed by atoms with Crippen LogP contribution in [0.25, 0.3) is 0 Å². The first kappa shape index (κ1) is 13.9. The minimum Gasteiger partial charge on any atom is -0.329 e. The molecule has 0 aromatic carbocycles. The van der Waals surface area contributed by atoms with Crippen molar-refractivity contribution in [2.75, 3.05) is 40.3 Å². The van der Waals surface area contributed by atoms with Gasteiger partial charge in [-0.05, 0) is 39.9 Å². The molecule has 1 rings (SSSR count). The van der Waals surface area contributed by atoms with E-state index < -0.39 is 0 Å². The zero-order valence-corrected chi connectivity index (χ0v) is 11.3. The molecule has 0 aliphatic heterocycles. The summed E-state index contributed by atoms with van der Waals surface area (Å²) in [7, 11) is 4.29. The summed E-state index contributed by atoms with van der Waals surface area (Å²) in [4.78, 5) is 4.92. The zero-order valence-electron chi connectivity index (χ0n) is 11.3. The Kier molecular flexibility index (Phi) is 5.73. The Morgan fingerprint density at radius 1 is 1.06 bits per heavy atom. The molecule has 0 bridgehead atoms. The number of nitrogens with two attached hydrogens (primary N) is 1. The number of hydrogen-bond donors (Lipinski definition) is 1. The maximum Gasteiger partial charge on any atom is 0.0332 e. The highest BCUT2D eigenvalue weighted by molar-refractivity contribution is 4.95. The van der Waals surface area contributed by atoms with Gasteiger partial charge in [-0.3, -0.25) is 4.90 Å². The summed E-state index contributed by atoms with van der Waals surface area (Å²) in [6.45, 7) is 6.60. The molecule has 0 spiro atoms. The summed E-state index contributed by atoms with van der Waals surface area (Å²) in [5, 5.41) is 0. The van der Waals surface area contributed by atoms with Crippen LogP contribution >= 0.6 is 0 Å². The van der Waals surface area contributed by atoms with Crippen molar-refractivity contribution in [3.63, 3.8) is 0 Å². The summed E-state index contributed by atoms with van der Waals surface area (Å²) in [6, 6.07) is 0. The first-order valence-corrected chi connectivity index (χ1v) is 6.74. The minimum absolute atomic E-state index is 0.325. The van der Waals surface area contributed by atoms with Crippen LogP contribution in [0.4, 0.5) is 0 Å². The summed E-state index contributed by atoms with van der Waals surface area (Å²) in [5.74, 6) is 0. The molecule has 3 heteroatoms. The lowest BCUT2D eigenvalue weighted by Gasteiger charge is -2.41. The van der Waals surface area contributed by atoms with Gasteiger partial charge in [-0.2, -0.15) is 0 Å². The fourth-order valence-corrected chi connectivity index (χ4v) is 2.86. The molecule has 3 nitrogen and oxygen atoms in total. The van der Waals surface area contributed by atoms with Crippen molar-refractivity contribution in [2.45, 2.75) is 44.6 Å². The molecule has 2 N–H and O–H groups in total. The van der Waals surface area contributed by atoms with Crippen molar-refractivity contribution in [3.05, 3.63) is 0 Å². The minimum atomic E-state index is 0.325. The molecule has 1 aliphatic rings. The number of likely N-dealkylation sites (N-methyl/N-ethyl adjacent to an activating group) is 1. The Labute approximate surface area is 101 Å². The highest BCUT2D eigenvalue weighted by Crippen LogP contribution is 2.34. The van der Waals surface area contributed by atoms with Crippen LogP contribution in [0.5, 0.6) is 0 Å². The fraction of sp³-hybridized carbons (Fsp3) is 1.00. The molecule has 0 heterocycles. The lowest BCUT2D eigenvalue weighted by atomic mass is 9.94. The van der Waals surface area contributed by atoms with Gasteiger partial charge in [0, 0.05) is 25.2 Å². The van der Waals surface area contributed by atoms with Crippen LogP contribution in [-0.2, 0) is 0 Å². The van der Waals surface area contributed by atoms with Gasteiger partial charge in [0.25, 0.3) is 0 Å². The maximum absolute atomic E-state index is 6.05. The fourth-order valence-electron chi connectivity index (χ4n) is 2.86. The molecule has 0 unspecified atom stereocenters. The molecule has 0 atom stereocenters. The van der Waals surface area contributed by atoms with Gasteiger partial charge in [0.05, 0.1) is 0 Å². The lowest BCUT2D eigenvalue weighted by Crippen LogP contribution is -2.54. The second-order valence-electron chi connectivity index (χ2n) is 5.43. The predicted molar refractivity (Wildman–Crippen MR) is 70.7 cm³/mol. The molecule has 0 aromatic rings. The lowest BCUT2D eigenvalue weighted by molar-refractivity contribution is 0.0903. The standard InChI is InChI=1S/C13H29N3/c1-4-9-16(11-10-15(2)3)13(12-14)7-5-6-8-13/h4-12,14H2,1-3H3. The SMILES string of the molecule is CCCN(CCN(C)C)C1(CN)CCCC1. The van der Waals surface area contributed by atoms with Crippen LogP contribution in [-0.4, -0.2) is 55.6 Å². The third kappa shape index (κ3) is 3.44. The van der Waals surface area contributed by atoms with Gasteiger partial charge >= 0.3 is 0 Å². The maximum atomic E-state index is 6.05. The van der Waals surface area contributed by atoms with Crippen molar-refractivity contribution in [2.24, 2.45) is 5.73 Å². The van der Waals surface area contributed by atoms with E-state index in [1.165, 1.54) is 38.6 Å². The van der Waals surface area contributed by atoms with Crippen LogP contribution in [0.2, 0.25) is 0 Å². The Bertz CT molecular complexity index is 186. The first-order chi connectivity index (χ1) is 7.64. The van der Waals surface area contributed by atoms with Gasteiger partial charge in [0.1, 0.15) is 0 Å². The second kappa shape index (κ2) is 6.58. The molecule has 1 fully saturated rings. The van der Waals surface area contributed by atoms with Crippen molar-refractivity contribution in [1.82, 2.24) is 9.80 Å². The quantitative estimate of drug-likeness (QED) is 0.716. The Balaban J connectivity index is 2.58. The van der Waals surface area contributed by atoms with E-state index in [-0.39, 0.29) is 0 Å². The first-order valence-electron chi connectivity index (χ1n) is 6.74. The van der Waals surface area contributed by atoms with E-state index in [4.69, 9.17) is 5.73 Å². The largest absolute Gasteiger partial charge is 0.329 e. The molecule has 16 heavy (non-hydrogen) atoms. The molecule has 1 saturated carbocycles. The molecule has 0 radical (unpaired) electrons.